The van der Waals surface area contributed by atoms with Crippen molar-refractivity contribution in [2.45, 2.75) is 37.5 Å². The summed E-state index contributed by atoms with van der Waals surface area (Å²) in [6.07, 6.45) is -3.64. The van der Waals surface area contributed by atoms with Crippen molar-refractivity contribution in [3.8, 4) is 0 Å². The quantitative estimate of drug-likeness (QED) is 0.459. The van der Waals surface area contributed by atoms with Crippen LogP contribution < -0.4 is 11.1 Å². The summed E-state index contributed by atoms with van der Waals surface area (Å²) < 4.78 is 40.1. The number of benzene rings is 1. The Bertz CT molecular complexity index is 881. The Hall–Kier alpha value is -3.08. The van der Waals surface area contributed by atoms with Crippen molar-refractivity contribution in [3.63, 3.8) is 0 Å². The summed E-state index contributed by atoms with van der Waals surface area (Å²) in [5.41, 5.74) is 6.93. The van der Waals surface area contributed by atoms with Crippen molar-refractivity contribution >= 4 is 28.7 Å². The van der Waals surface area contributed by atoms with Gasteiger partial charge >= 0.3 is 18.1 Å². The summed E-state index contributed by atoms with van der Waals surface area (Å²) in [7, 11) is 0. The fourth-order valence-electron chi connectivity index (χ4n) is 2.65. The van der Waals surface area contributed by atoms with E-state index >= 15 is 0 Å². The van der Waals surface area contributed by atoms with Gasteiger partial charge in [-0.15, -0.1) is 0 Å². The molecule has 0 spiro atoms. The van der Waals surface area contributed by atoms with Crippen molar-refractivity contribution in [1.82, 2.24) is 10.3 Å². The van der Waals surface area contributed by atoms with Gasteiger partial charge in [0.1, 0.15) is 12.1 Å². The smallest absolute Gasteiger partial charge is 0.422 e. The monoisotopic (exact) mass is 415 g/mol. The van der Waals surface area contributed by atoms with Crippen LogP contribution in [0.1, 0.15) is 18.4 Å². The number of rotatable bonds is 9. The third kappa shape index (κ3) is 6.79. The first kappa shape index (κ1) is 22.2. The maximum Gasteiger partial charge on any atom is 0.422 e. The SMILES string of the molecule is NC(CCC(=O)NC(Cc1c[nH]c2ccccc12)C(=O)O)C(=O)OCC(F)(F)F. The highest BCUT2D eigenvalue weighted by molar-refractivity contribution is 5.87. The molecule has 2 atom stereocenters. The summed E-state index contributed by atoms with van der Waals surface area (Å²) >= 11 is 0. The molecule has 11 heteroatoms. The maximum absolute atomic E-state index is 12.0. The molecular formula is C18H20F3N3O5. The van der Waals surface area contributed by atoms with Crippen molar-refractivity contribution in [2.24, 2.45) is 5.73 Å². The van der Waals surface area contributed by atoms with Crippen molar-refractivity contribution in [3.05, 3.63) is 36.0 Å². The van der Waals surface area contributed by atoms with Crippen LogP contribution in [-0.4, -0.2) is 52.8 Å². The van der Waals surface area contributed by atoms with E-state index in [9.17, 15) is 32.7 Å². The highest BCUT2D eigenvalue weighted by atomic mass is 19.4. The molecule has 8 nitrogen and oxygen atoms in total. The van der Waals surface area contributed by atoms with Crippen LogP contribution in [0.4, 0.5) is 13.2 Å². The minimum absolute atomic E-state index is 0.0186. The van der Waals surface area contributed by atoms with Crippen LogP contribution in [0.15, 0.2) is 30.5 Å². The number of esters is 1. The molecule has 0 aliphatic heterocycles. The number of amides is 1. The highest BCUT2D eigenvalue weighted by Crippen LogP contribution is 2.19. The summed E-state index contributed by atoms with van der Waals surface area (Å²) in [5, 5.41) is 12.5. The molecule has 1 aromatic carbocycles. The number of alkyl halides is 3. The van der Waals surface area contributed by atoms with Crippen LogP contribution in [0.3, 0.4) is 0 Å². The third-order valence-electron chi connectivity index (χ3n) is 4.10. The van der Waals surface area contributed by atoms with Gasteiger partial charge in [0.15, 0.2) is 6.61 Å². The molecule has 0 radical (unpaired) electrons. The summed E-state index contributed by atoms with van der Waals surface area (Å²) in [6, 6.07) is 4.60. The number of aliphatic carboxylic acids is 1. The lowest BCUT2D eigenvalue weighted by molar-refractivity contribution is -0.187. The molecule has 2 unspecified atom stereocenters. The molecule has 2 aromatic rings. The zero-order chi connectivity index (χ0) is 21.6. The van der Waals surface area contributed by atoms with Crippen molar-refractivity contribution in [1.29, 1.82) is 0 Å². The molecule has 1 heterocycles. The van der Waals surface area contributed by atoms with E-state index in [1.165, 1.54) is 0 Å². The lowest BCUT2D eigenvalue weighted by Gasteiger charge is -2.16. The number of nitrogens with one attached hydrogen (secondary N) is 2. The number of carbonyl (C=O) groups is 3. The van der Waals surface area contributed by atoms with Crippen LogP contribution in [0, 0.1) is 0 Å². The van der Waals surface area contributed by atoms with E-state index in [1.807, 2.05) is 18.2 Å². The lowest BCUT2D eigenvalue weighted by Crippen LogP contribution is -2.43. The lowest BCUT2D eigenvalue weighted by atomic mass is 10.0. The molecule has 0 aliphatic carbocycles. The van der Waals surface area contributed by atoms with Crippen molar-refractivity contribution < 1.29 is 37.4 Å². The maximum atomic E-state index is 12.0. The van der Waals surface area contributed by atoms with E-state index in [2.05, 4.69) is 15.0 Å². The molecule has 1 amide bonds. The fourth-order valence-corrected chi connectivity index (χ4v) is 2.65. The van der Waals surface area contributed by atoms with Crippen LogP contribution in [0.2, 0.25) is 0 Å². The minimum Gasteiger partial charge on any atom is -0.480 e. The van der Waals surface area contributed by atoms with Crippen molar-refractivity contribution in [2.75, 3.05) is 6.61 Å². The van der Waals surface area contributed by atoms with Gasteiger partial charge in [-0.25, -0.2) is 4.79 Å². The molecule has 0 aliphatic rings. The van der Waals surface area contributed by atoms with Crippen LogP contribution in [-0.2, 0) is 25.5 Å². The predicted octanol–water partition coefficient (Wildman–Crippen LogP) is 1.49. The topological polar surface area (TPSA) is 135 Å². The summed E-state index contributed by atoms with van der Waals surface area (Å²) in [5.74, 6) is -3.24. The van der Waals surface area contributed by atoms with Gasteiger partial charge in [0.25, 0.3) is 0 Å². The second-order valence-corrected chi connectivity index (χ2v) is 6.39. The molecular weight excluding hydrogens is 395 g/mol. The van der Waals surface area contributed by atoms with Crippen LogP contribution in [0.25, 0.3) is 10.9 Å². The second-order valence-electron chi connectivity index (χ2n) is 6.39. The Kier molecular flexibility index (Phi) is 7.21. The first-order valence-electron chi connectivity index (χ1n) is 8.63. The number of carboxylic acids is 1. The van der Waals surface area contributed by atoms with Crippen LogP contribution in [0.5, 0.6) is 0 Å². The van der Waals surface area contributed by atoms with Gasteiger partial charge in [-0.2, -0.15) is 13.2 Å². The van der Waals surface area contributed by atoms with E-state index < -0.39 is 42.7 Å². The number of nitrogens with two attached hydrogens (primary N) is 1. The molecule has 0 saturated carbocycles. The number of carbonyl (C=O) groups excluding carboxylic acids is 2. The predicted molar refractivity (Wildman–Crippen MR) is 95.8 cm³/mol. The third-order valence-corrected chi connectivity index (χ3v) is 4.10. The molecule has 0 saturated heterocycles. The Labute approximate surface area is 163 Å². The number of para-hydroxylation sites is 1. The number of halogens is 3. The average Bonchev–Trinajstić information content (AvgIpc) is 3.06. The van der Waals surface area contributed by atoms with Crippen LogP contribution >= 0.6 is 0 Å². The van der Waals surface area contributed by atoms with E-state index in [1.54, 1.807) is 12.3 Å². The van der Waals surface area contributed by atoms with Gasteiger partial charge in [-0.1, -0.05) is 18.2 Å². The van der Waals surface area contributed by atoms with Gasteiger partial charge in [-0.3, -0.25) is 9.59 Å². The zero-order valence-corrected chi connectivity index (χ0v) is 15.2. The largest absolute Gasteiger partial charge is 0.480 e. The second kappa shape index (κ2) is 9.41. The van der Waals surface area contributed by atoms with Gasteiger partial charge < -0.3 is 25.9 Å². The van der Waals surface area contributed by atoms with Gasteiger partial charge in [0.2, 0.25) is 5.91 Å². The zero-order valence-electron chi connectivity index (χ0n) is 15.2. The number of hydrogen-bond donors (Lipinski definition) is 4. The minimum atomic E-state index is -4.68. The molecule has 158 valence electrons. The highest BCUT2D eigenvalue weighted by Gasteiger charge is 2.31. The number of hydrogen-bond acceptors (Lipinski definition) is 5. The number of ether oxygens (including phenoxy) is 1. The number of H-pyrrole nitrogens is 1. The molecule has 1 aromatic heterocycles. The summed E-state index contributed by atoms with van der Waals surface area (Å²) in [6.45, 7) is -1.77. The number of fused-ring (bicyclic) bond motifs is 1. The van der Waals surface area contributed by atoms with E-state index in [0.717, 1.165) is 10.9 Å². The van der Waals surface area contributed by atoms with Gasteiger partial charge in [0, 0.05) is 29.9 Å². The number of carboxylic acid groups (broad SMARTS) is 1. The Balaban J connectivity index is 1.88. The normalized spacial score (nSPS) is 13.7. The average molecular weight is 415 g/mol. The Morgan fingerprint density at radius 1 is 1.24 bits per heavy atom. The van der Waals surface area contributed by atoms with E-state index in [4.69, 9.17) is 5.73 Å². The Morgan fingerprint density at radius 3 is 2.59 bits per heavy atom. The molecule has 0 bridgehead atoms. The number of aromatic nitrogens is 1. The fraction of sp³-hybridized carbons (Fsp3) is 0.389. The molecule has 5 N–H and O–H groups in total. The number of aromatic amines is 1. The molecule has 0 fully saturated rings. The first-order chi connectivity index (χ1) is 13.6. The van der Waals surface area contributed by atoms with Gasteiger partial charge in [0.05, 0.1) is 0 Å². The Morgan fingerprint density at radius 2 is 1.93 bits per heavy atom. The van der Waals surface area contributed by atoms with E-state index in [0.29, 0.717) is 5.56 Å². The first-order valence-corrected chi connectivity index (χ1v) is 8.63. The summed E-state index contributed by atoms with van der Waals surface area (Å²) in [4.78, 5) is 37.9. The van der Waals surface area contributed by atoms with E-state index in [-0.39, 0.29) is 19.3 Å². The standard InChI is InChI=1S/C18H20F3N3O5/c19-18(20,21)9-29-17(28)12(22)5-6-15(25)24-14(16(26)27)7-10-8-23-13-4-2-1-3-11(10)13/h1-4,8,12,14,23H,5-7,9,22H2,(H,24,25)(H,26,27). The molecule has 2 rings (SSSR count). The molecule has 29 heavy (non-hydrogen) atoms. The van der Waals surface area contributed by atoms with Gasteiger partial charge in [-0.05, 0) is 18.1 Å².